The summed E-state index contributed by atoms with van der Waals surface area (Å²) in [7, 11) is 0. The molecule has 5 rings (SSSR count). The highest BCUT2D eigenvalue weighted by Gasteiger charge is 2.82. The summed E-state index contributed by atoms with van der Waals surface area (Å²) in [4.78, 5) is 8.36. The Morgan fingerprint density at radius 2 is 0.750 bits per heavy atom. The second-order valence-electron chi connectivity index (χ2n) is 13.2. The zero-order valence-corrected chi connectivity index (χ0v) is 29.1. The first-order valence-corrected chi connectivity index (χ1v) is 15.8. The van der Waals surface area contributed by atoms with E-state index in [4.69, 9.17) is 0 Å². The maximum atomic E-state index is 16.2. The van der Waals surface area contributed by atoms with E-state index in [0.717, 1.165) is 18.2 Å². The van der Waals surface area contributed by atoms with Crippen LogP contribution in [0, 0.1) is 0 Å². The fraction of sp³-hybridized carbons (Fsp3) is 0.375. The third-order valence-electron chi connectivity index (χ3n) is 8.90. The summed E-state index contributed by atoms with van der Waals surface area (Å²) in [6, 6.07) is 0.524. The maximum Gasteiger partial charge on any atom is 0.460 e. The Labute approximate surface area is 331 Å². The molecule has 4 nitrogen and oxygen atoms in total. The molecule has 2 aliphatic heterocycles. The van der Waals surface area contributed by atoms with Crippen molar-refractivity contribution < 1.29 is 123 Å². The van der Waals surface area contributed by atoms with Crippen LogP contribution in [0.4, 0.5) is 123 Å². The van der Waals surface area contributed by atoms with Crippen LogP contribution in [0.15, 0.2) is 36.4 Å². The summed E-state index contributed by atoms with van der Waals surface area (Å²) < 4.78 is 408. The van der Waals surface area contributed by atoms with Crippen LogP contribution in [0.25, 0.3) is 45.4 Å². The molecule has 32 heteroatoms. The largest absolute Gasteiger partial charge is 0.460 e. The molecule has 0 amide bonds. The quantitative estimate of drug-likeness (QED) is 0.173. The Hall–Kier alpha value is -5.36. The van der Waals surface area contributed by atoms with Crippen molar-refractivity contribution in [2.45, 2.75) is 72.1 Å². The van der Waals surface area contributed by atoms with Crippen molar-refractivity contribution in [3.05, 3.63) is 70.3 Å². The number of fused-ring (bicyclic) bond motifs is 8. The van der Waals surface area contributed by atoms with Crippen LogP contribution in [-0.4, -0.2) is 80.2 Å². The molecule has 0 atom stereocenters. The smallest absolute Gasteiger partial charge is 0.355 e. The van der Waals surface area contributed by atoms with Gasteiger partial charge in [0.25, 0.3) is 0 Å². The summed E-state index contributed by atoms with van der Waals surface area (Å²) >= 11 is 0. The lowest BCUT2D eigenvalue weighted by Gasteiger charge is -2.35. The average Bonchev–Trinajstić information content (AvgIpc) is 3.90. The van der Waals surface area contributed by atoms with Crippen LogP contribution in [0.2, 0.25) is 0 Å². The number of nitrogens with one attached hydrogen (secondary N) is 2. The van der Waals surface area contributed by atoms with E-state index in [0.29, 0.717) is 17.1 Å². The fourth-order valence-corrected chi connectivity index (χ4v) is 5.78. The van der Waals surface area contributed by atoms with E-state index in [1.165, 1.54) is 0 Å². The summed E-state index contributed by atoms with van der Waals surface area (Å²) in [5.41, 5.74) is -34.6. The van der Waals surface area contributed by atoms with Crippen molar-refractivity contribution in [2.75, 3.05) is 0 Å². The molecule has 5 heterocycles. The zero-order valence-electron chi connectivity index (χ0n) is 29.1. The van der Waals surface area contributed by atoms with Crippen molar-refractivity contribution in [2.24, 2.45) is 0 Å². The molecule has 2 N–H and O–H groups in total. The number of allylic oxidation sites excluding steroid dienone is 2. The molecule has 2 aliphatic rings. The highest BCUT2D eigenvalue weighted by molar-refractivity contribution is 6.01. The number of hydrogen-bond donors (Lipinski definition) is 2. The predicted octanol–water partition coefficient (Wildman–Crippen LogP) is 13.6. The number of H-pyrrole nitrogens is 2. The molecular weight excluding hydrogens is 972 g/mol. The molecule has 0 spiro atoms. The van der Waals surface area contributed by atoms with E-state index < -0.39 is 146 Å². The number of nitrogens with zero attached hydrogens (tertiary/aromatic N) is 2. The number of aromatic amines is 2. The standard InChI is InChI=1S/C32H10F28N4/c33-21(34,25(41,42)29(49,50)51)14-7-13-6-11-2-1-9(61-11)5-10-3-4-12(62-10)8-15-16(22(35,36)26(43,44)30(52,53)54)17(23(37,38)27(45,46)31(55,56)57)20(64-15)18(19(14)63-13)24(39,40)28(47,48)32(58,59)60/h1-8,61,63H. The Balaban J connectivity index is 2.34. The number of hydrogen-bond acceptors (Lipinski definition) is 2. The Bertz CT molecular complexity index is 2570. The average molecular weight is 982 g/mol. The molecule has 0 aliphatic carbocycles. The lowest BCUT2D eigenvalue weighted by molar-refractivity contribution is -0.360. The van der Waals surface area contributed by atoms with Gasteiger partial charge in [0, 0.05) is 16.6 Å². The van der Waals surface area contributed by atoms with E-state index in [-0.39, 0.29) is 11.6 Å². The van der Waals surface area contributed by atoms with Crippen LogP contribution in [0.1, 0.15) is 33.9 Å². The molecule has 8 bridgehead atoms. The normalized spacial score (nSPS) is 16.0. The molecule has 0 aromatic carbocycles. The molecule has 354 valence electrons. The highest BCUT2D eigenvalue weighted by atomic mass is 19.5. The summed E-state index contributed by atoms with van der Waals surface area (Å²) in [5, 5.41) is 0. The predicted molar refractivity (Wildman–Crippen MR) is 158 cm³/mol. The van der Waals surface area contributed by atoms with Gasteiger partial charge >= 0.3 is 72.1 Å². The molecule has 0 saturated heterocycles. The van der Waals surface area contributed by atoms with Gasteiger partial charge in [0.1, 0.15) is 0 Å². The fourth-order valence-electron chi connectivity index (χ4n) is 5.78. The third-order valence-corrected chi connectivity index (χ3v) is 8.90. The number of alkyl halides is 28. The lowest BCUT2D eigenvalue weighted by atomic mass is 9.85. The van der Waals surface area contributed by atoms with Crippen molar-refractivity contribution in [1.29, 1.82) is 0 Å². The lowest BCUT2D eigenvalue weighted by Crippen LogP contribution is -2.55. The molecule has 0 saturated carbocycles. The molecule has 0 radical (unpaired) electrons. The third kappa shape index (κ3) is 7.15. The number of halogens is 28. The highest BCUT2D eigenvalue weighted by Crippen LogP contribution is 2.64. The van der Waals surface area contributed by atoms with Crippen LogP contribution in [0.5, 0.6) is 0 Å². The van der Waals surface area contributed by atoms with Crippen molar-refractivity contribution in [1.82, 2.24) is 19.9 Å². The zero-order chi connectivity index (χ0) is 49.4. The number of aromatic nitrogens is 4. The van der Waals surface area contributed by atoms with Gasteiger partial charge in [-0.3, -0.25) is 0 Å². The van der Waals surface area contributed by atoms with Gasteiger partial charge in [-0.1, -0.05) is 0 Å². The number of rotatable bonds is 8. The molecule has 0 unspecified atom stereocenters. The van der Waals surface area contributed by atoms with Crippen molar-refractivity contribution in [3.8, 4) is 0 Å². The topological polar surface area (TPSA) is 57.4 Å². The van der Waals surface area contributed by atoms with Crippen molar-refractivity contribution in [3.63, 3.8) is 0 Å². The van der Waals surface area contributed by atoms with Gasteiger partial charge in [-0.15, -0.1) is 0 Å². The Kier molecular flexibility index (Phi) is 10.9. The molecular formula is C32H10F28N4. The summed E-state index contributed by atoms with van der Waals surface area (Å²) in [5.74, 6) is -65.1. The first kappa shape index (κ1) is 49.7. The van der Waals surface area contributed by atoms with Crippen LogP contribution in [0.3, 0.4) is 0 Å². The molecule has 3 aromatic rings. The monoisotopic (exact) mass is 982 g/mol. The Morgan fingerprint density at radius 1 is 0.359 bits per heavy atom. The van der Waals surface area contributed by atoms with Gasteiger partial charge < -0.3 is 9.97 Å². The van der Waals surface area contributed by atoms with Gasteiger partial charge in [0.2, 0.25) is 0 Å². The molecule has 3 aromatic heterocycles. The van der Waals surface area contributed by atoms with Crippen LogP contribution >= 0.6 is 0 Å². The van der Waals surface area contributed by atoms with Gasteiger partial charge in [-0.25, -0.2) is 9.97 Å². The second-order valence-corrected chi connectivity index (χ2v) is 13.2. The maximum absolute atomic E-state index is 16.2. The minimum Gasteiger partial charge on any atom is -0.355 e. The van der Waals surface area contributed by atoms with Gasteiger partial charge in [-0.2, -0.15) is 123 Å². The SMILES string of the molecule is FC(F)(F)C(F)(F)C(F)(F)C1=C(C(F)(F)C(F)(F)C(F)(F)F)c2nc1cc1nc(cc3ccc(cc4cc(C(F)(F)C(F)(F)C(F)(F)F)c([nH]4)c2C(F)(F)C(F)(F)C(F)(F)F)[nH]3)C=C1. The minimum absolute atomic E-state index is 0.0218. The van der Waals surface area contributed by atoms with Crippen LogP contribution in [-0.2, 0) is 11.8 Å². The summed E-state index contributed by atoms with van der Waals surface area (Å²) in [6.07, 6.45) is -31.0. The van der Waals surface area contributed by atoms with Crippen molar-refractivity contribution >= 4 is 45.4 Å². The first-order chi connectivity index (χ1) is 28.3. The van der Waals surface area contributed by atoms with E-state index in [1.54, 1.807) is 0 Å². The van der Waals surface area contributed by atoms with Gasteiger partial charge in [-0.05, 0) is 48.6 Å². The van der Waals surface area contributed by atoms with Crippen LogP contribution < -0.4 is 0 Å². The molecule has 64 heavy (non-hydrogen) atoms. The van der Waals surface area contributed by atoms with E-state index in [9.17, 15) is 87.8 Å². The second kappa shape index (κ2) is 14.1. The Morgan fingerprint density at radius 3 is 1.20 bits per heavy atom. The first-order valence-electron chi connectivity index (χ1n) is 15.8. The molecule has 0 fully saturated rings. The summed E-state index contributed by atoms with van der Waals surface area (Å²) in [6.45, 7) is 0. The minimum atomic E-state index is -8.44. The van der Waals surface area contributed by atoms with E-state index in [2.05, 4.69) is 9.97 Å². The van der Waals surface area contributed by atoms with Gasteiger partial charge in [0.15, 0.2) is 0 Å². The van der Waals surface area contributed by atoms with E-state index in [1.807, 2.05) is 4.98 Å². The van der Waals surface area contributed by atoms with Gasteiger partial charge in [0.05, 0.1) is 50.6 Å². The van der Waals surface area contributed by atoms with E-state index >= 15 is 35.1 Å².